The molecule has 1 aromatic carbocycles. The minimum absolute atomic E-state index is 0.0780. The number of pyridine rings is 1. The molecule has 1 aromatic heterocycles. The third kappa shape index (κ3) is 5.78. The minimum Gasteiger partial charge on any atom is -0.493 e. The molecule has 1 fully saturated rings. The summed E-state index contributed by atoms with van der Waals surface area (Å²) in [5, 5.41) is 6.32. The first-order chi connectivity index (χ1) is 12.3. The van der Waals surface area contributed by atoms with Crippen molar-refractivity contribution < 1.29 is 9.53 Å². The van der Waals surface area contributed by atoms with E-state index in [1.165, 1.54) is 32.1 Å². The molecule has 2 N–H and O–H groups in total. The largest absolute Gasteiger partial charge is 0.493 e. The summed E-state index contributed by atoms with van der Waals surface area (Å²) < 4.78 is 5.53. The van der Waals surface area contributed by atoms with Crippen LogP contribution < -0.4 is 15.4 Å². The smallest absolute Gasteiger partial charge is 0.227 e. The highest BCUT2D eigenvalue weighted by Crippen LogP contribution is 2.21. The Balaban J connectivity index is 1.40. The van der Waals surface area contributed by atoms with Crippen molar-refractivity contribution >= 4 is 17.4 Å². The lowest BCUT2D eigenvalue weighted by atomic mass is 9.95. The monoisotopic (exact) mass is 339 g/mol. The first kappa shape index (κ1) is 17.3. The van der Waals surface area contributed by atoms with Crippen molar-refractivity contribution in [3.63, 3.8) is 0 Å². The summed E-state index contributed by atoms with van der Waals surface area (Å²) in [6.45, 7) is 0.352. The van der Waals surface area contributed by atoms with E-state index in [1.807, 2.05) is 42.5 Å². The molecule has 0 bridgehead atoms. The van der Waals surface area contributed by atoms with E-state index in [-0.39, 0.29) is 5.91 Å². The molecule has 2 aromatic rings. The Morgan fingerprint density at radius 3 is 2.60 bits per heavy atom. The van der Waals surface area contributed by atoms with Gasteiger partial charge in [0.25, 0.3) is 0 Å². The van der Waals surface area contributed by atoms with Gasteiger partial charge < -0.3 is 15.4 Å². The fraction of sp³-hybridized carbons (Fsp3) is 0.400. The second kappa shape index (κ2) is 9.06. The molecule has 0 atom stereocenters. The third-order valence-electron chi connectivity index (χ3n) is 4.35. The number of aromatic nitrogens is 1. The van der Waals surface area contributed by atoms with Crippen LogP contribution in [0.5, 0.6) is 5.75 Å². The molecule has 3 rings (SSSR count). The molecule has 1 heterocycles. The number of para-hydroxylation sites is 1. The molecule has 0 saturated heterocycles. The molecule has 1 saturated carbocycles. The first-order valence-electron chi connectivity index (χ1n) is 9.00. The van der Waals surface area contributed by atoms with Gasteiger partial charge in [0, 0.05) is 6.04 Å². The van der Waals surface area contributed by atoms with Crippen LogP contribution in [0.3, 0.4) is 0 Å². The SMILES string of the molecule is O=C(CCOc1ccccc1)Nc1ccc(NC2CCCCC2)nc1. The van der Waals surface area contributed by atoms with Crippen LogP contribution in [0.4, 0.5) is 11.5 Å². The number of nitrogens with one attached hydrogen (secondary N) is 2. The molecule has 1 amide bonds. The fourth-order valence-corrected chi connectivity index (χ4v) is 3.01. The Morgan fingerprint density at radius 1 is 1.08 bits per heavy atom. The van der Waals surface area contributed by atoms with Crippen LogP contribution in [-0.2, 0) is 4.79 Å². The Morgan fingerprint density at radius 2 is 1.88 bits per heavy atom. The van der Waals surface area contributed by atoms with Gasteiger partial charge in [0.1, 0.15) is 11.6 Å². The van der Waals surface area contributed by atoms with Crippen LogP contribution in [0.25, 0.3) is 0 Å². The van der Waals surface area contributed by atoms with Gasteiger partial charge in [-0.1, -0.05) is 37.5 Å². The van der Waals surface area contributed by atoms with Crippen molar-refractivity contribution in [1.29, 1.82) is 0 Å². The zero-order chi connectivity index (χ0) is 17.3. The third-order valence-corrected chi connectivity index (χ3v) is 4.35. The van der Waals surface area contributed by atoms with E-state index in [2.05, 4.69) is 15.6 Å². The minimum atomic E-state index is -0.0780. The van der Waals surface area contributed by atoms with Crippen LogP contribution in [0.2, 0.25) is 0 Å². The maximum atomic E-state index is 12.0. The van der Waals surface area contributed by atoms with E-state index >= 15 is 0 Å². The van der Waals surface area contributed by atoms with Gasteiger partial charge in [-0.25, -0.2) is 4.98 Å². The summed E-state index contributed by atoms with van der Waals surface area (Å²) in [6.07, 6.45) is 8.33. The quantitative estimate of drug-likeness (QED) is 0.792. The van der Waals surface area contributed by atoms with Gasteiger partial charge in [0.05, 0.1) is 24.9 Å². The molecule has 25 heavy (non-hydrogen) atoms. The van der Waals surface area contributed by atoms with Crippen molar-refractivity contribution in [2.24, 2.45) is 0 Å². The Hall–Kier alpha value is -2.56. The van der Waals surface area contributed by atoms with Crippen molar-refractivity contribution in [1.82, 2.24) is 4.98 Å². The molecule has 132 valence electrons. The summed E-state index contributed by atoms with van der Waals surface area (Å²) in [5.74, 6) is 1.57. The fourth-order valence-electron chi connectivity index (χ4n) is 3.01. The molecule has 1 aliphatic carbocycles. The number of nitrogens with zero attached hydrogens (tertiary/aromatic N) is 1. The number of anilines is 2. The van der Waals surface area contributed by atoms with Crippen LogP contribution in [0.15, 0.2) is 48.7 Å². The number of hydrogen-bond donors (Lipinski definition) is 2. The molecule has 0 spiro atoms. The molecule has 0 radical (unpaired) electrons. The molecule has 0 aliphatic heterocycles. The van der Waals surface area contributed by atoms with E-state index < -0.39 is 0 Å². The predicted molar refractivity (Wildman–Crippen MR) is 99.9 cm³/mol. The van der Waals surface area contributed by atoms with Crippen molar-refractivity contribution in [2.45, 2.75) is 44.6 Å². The summed E-state index contributed by atoms with van der Waals surface area (Å²) in [5.41, 5.74) is 0.707. The molecular weight excluding hydrogens is 314 g/mol. The van der Waals surface area contributed by atoms with Crippen molar-refractivity contribution in [3.05, 3.63) is 48.7 Å². The van der Waals surface area contributed by atoms with Crippen molar-refractivity contribution in [3.8, 4) is 5.75 Å². The predicted octanol–water partition coefficient (Wildman–Crippen LogP) is 4.23. The molecule has 5 nitrogen and oxygen atoms in total. The summed E-state index contributed by atoms with van der Waals surface area (Å²) in [4.78, 5) is 16.4. The number of hydrogen-bond acceptors (Lipinski definition) is 4. The number of ether oxygens (including phenoxy) is 1. The lowest BCUT2D eigenvalue weighted by Crippen LogP contribution is -2.22. The van der Waals surface area contributed by atoms with Crippen LogP contribution in [-0.4, -0.2) is 23.5 Å². The average Bonchev–Trinajstić information content (AvgIpc) is 2.65. The summed E-state index contributed by atoms with van der Waals surface area (Å²) >= 11 is 0. The second-order valence-corrected chi connectivity index (χ2v) is 6.37. The van der Waals surface area contributed by atoms with Gasteiger partial charge >= 0.3 is 0 Å². The maximum absolute atomic E-state index is 12.0. The average molecular weight is 339 g/mol. The van der Waals surface area contributed by atoms with Gasteiger partial charge in [-0.15, -0.1) is 0 Å². The zero-order valence-corrected chi connectivity index (χ0v) is 14.4. The van der Waals surface area contributed by atoms with Gasteiger partial charge in [0.2, 0.25) is 5.91 Å². The standard InChI is InChI=1S/C20H25N3O2/c24-20(13-14-25-18-9-5-2-6-10-18)23-17-11-12-19(21-15-17)22-16-7-3-1-4-8-16/h2,5-6,9-12,15-16H,1,3-4,7-8,13-14H2,(H,21,22)(H,23,24). The van der Waals surface area contributed by atoms with E-state index in [4.69, 9.17) is 4.74 Å². The Kier molecular flexibility index (Phi) is 6.26. The lowest BCUT2D eigenvalue weighted by Gasteiger charge is -2.23. The van der Waals surface area contributed by atoms with E-state index in [1.54, 1.807) is 6.20 Å². The van der Waals surface area contributed by atoms with Gasteiger partial charge in [-0.2, -0.15) is 0 Å². The molecule has 5 heteroatoms. The van der Waals surface area contributed by atoms with Crippen LogP contribution in [0, 0.1) is 0 Å². The molecule has 0 unspecified atom stereocenters. The van der Waals surface area contributed by atoms with Crippen molar-refractivity contribution in [2.75, 3.05) is 17.2 Å². The van der Waals surface area contributed by atoms with E-state index in [9.17, 15) is 4.79 Å². The second-order valence-electron chi connectivity index (χ2n) is 6.37. The first-order valence-corrected chi connectivity index (χ1v) is 9.00. The van der Waals surface area contributed by atoms with Crippen LogP contribution >= 0.6 is 0 Å². The highest BCUT2D eigenvalue weighted by molar-refractivity contribution is 5.90. The van der Waals surface area contributed by atoms with Gasteiger partial charge in [-0.3, -0.25) is 4.79 Å². The molecular formula is C20H25N3O2. The topological polar surface area (TPSA) is 63.2 Å². The number of carbonyl (C=O) groups is 1. The van der Waals surface area contributed by atoms with Gasteiger partial charge in [0.15, 0.2) is 0 Å². The maximum Gasteiger partial charge on any atom is 0.227 e. The van der Waals surface area contributed by atoms with Crippen LogP contribution in [0.1, 0.15) is 38.5 Å². The normalized spacial score (nSPS) is 14.7. The highest BCUT2D eigenvalue weighted by Gasteiger charge is 2.13. The number of amides is 1. The number of rotatable bonds is 7. The van der Waals surface area contributed by atoms with E-state index in [0.717, 1.165) is 11.6 Å². The van der Waals surface area contributed by atoms with E-state index in [0.29, 0.717) is 24.8 Å². The Labute approximate surface area is 148 Å². The summed E-state index contributed by atoms with van der Waals surface area (Å²) in [6, 6.07) is 13.8. The molecule has 1 aliphatic rings. The number of carbonyl (C=O) groups excluding carboxylic acids is 1. The Bertz CT molecular complexity index is 652. The highest BCUT2D eigenvalue weighted by atomic mass is 16.5. The zero-order valence-electron chi connectivity index (χ0n) is 14.4. The number of benzene rings is 1. The lowest BCUT2D eigenvalue weighted by molar-refractivity contribution is -0.116. The van der Waals surface area contributed by atoms with Gasteiger partial charge in [-0.05, 0) is 37.1 Å². The summed E-state index contributed by atoms with van der Waals surface area (Å²) in [7, 11) is 0.